The van der Waals surface area contributed by atoms with Gasteiger partial charge < -0.3 is 9.88 Å². The number of nitrogens with one attached hydrogen (secondary N) is 1. The molecule has 1 aliphatic heterocycles. The molecule has 4 nitrogen and oxygen atoms in total. The van der Waals surface area contributed by atoms with Crippen LogP contribution in [0.15, 0.2) is 30.6 Å². The van der Waals surface area contributed by atoms with Gasteiger partial charge in [0.25, 0.3) is 0 Å². The Hall–Kier alpha value is -1.81. The number of amides is 1. The van der Waals surface area contributed by atoms with Crippen LogP contribution in [-0.2, 0) is 17.3 Å². The van der Waals surface area contributed by atoms with Crippen molar-refractivity contribution in [3.05, 3.63) is 47.0 Å². The van der Waals surface area contributed by atoms with Gasteiger partial charge >= 0.3 is 0 Å². The molecule has 1 aromatic heterocycles. The summed E-state index contributed by atoms with van der Waals surface area (Å²) in [6, 6.07) is 5.58. The number of fused-ring (bicyclic) bond motifs is 2. The number of carbonyl (C=O) groups is 1. The van der Waals surface area contributed by atoms with Crippen LogP contribution in [0.4, 0.5) is 5.69 Å². The third-order valence-electron chi connectivity index (χ3n) is 4.25. The first kappa shape index (κ1) is 11.1. The van der Waals surface area contributed by atoms with Crippen LogP contribution in [0.3, 0.4) is 0 Å². The van der Waals surface area contributed by atoms with E-state index in [1.807, 2.05) is 29.9 Å². The number of nitrogens with zero attached hydrogens (tertiary/aromatic N) is 2. The van der Waals surface area contributed by atoms with Crippen LogP contribution in [0.1, 0.15) is 23.7 Å². The summed E-state index contributed by atoms with van der Waals surface area (Å²) >= 11 is 6.07. The molecule has 19 heavy (non-hydrogen) atoms. The SMILES string of the molecule is Cn1ccnc1[C@H]1C[C@]12C(=O)Nc1ccc(Cl)cc12. The lowest BCUT2D eigenvalue weighted by Crippen LogP contribution is -2.21. The molecule has 5 heteroatoms. The molecule has 96 valence electrons. The quantitative estimate of drug-likeness (QED) is 0.868. The van der Waals surface area contributed by atoms with Gasteiger partial charge in [-0.2, -0.15) is 0 Å². The van der Waals surface area contributed by atoms with E-state index in [9.17, 15) is 4.79 Å². The van der Waals surface area contributed by atoms with Crippen LogP contribution < -0.4 is 5.32 Å². The lowest BCUT2D eigenvalue weighted by molar-refractivity contribution is -0.118. The van der Waals surface area contributed by atoms with E-state index >= 15 is 0 Å². The largest absolute Gasteiger partial charge is 0.338 e. The van der Waals surface area contributed by atoms with Crippen molar-refractivity contribution in [1.82, 2.24) is 9.55 Å². The summed E-state index contributed by atoms with van der Waals surface area (Å²) in [6.45, 7) is 0. The van der Waals surface area contributed by atoms with Gasteiger partial charge in [-0.05, 0) is 30.2 Å². The standard InChI is InChI=1S/C14H12ClN3O/c1-18-5-4-16-12(18)10-7-14(10)9-6-8(15)2-3-11(9)17-13(14)19/h2-6,10H,7H2,1H3,(H,17,19)/t10-,14-/m1/s1. The number of rotatable bonds is 1. The Bertz CT molecular complexity index is 708. The van der Waals surface area contributed by atoms with Gasteiger partial charge in [0.05, 0.1) is 5.41 Å². The van der Waals surface area contributed by atoms with E-state index in [0.29, 0.717) is 5.02 Å². The van der Waals surface area contributed by atoms with E-state index in [1.54, 1.807) is 12.3 Å². The smallest absolute Gasteiger partial charge is 0.235 e. The van der Waals surface area contributed by atoms with Crippen molar-refractivity contribution in [3.63, 3.8) is 0 Å². The Balaban J connectivity index is 1.84. The minimum absolute atomic E-state index is 0.0674. The molecule has 2 aliphatic rings. The second-order valence-electron chi connectivity index (χ2n) is 5.27. The van der Waals surface area contributed by atoms with E-state index in [1.165, 1.54) is 0 Å². The number of imidazole rings is 1. The predicted molar refractivity (Wildman–Crippen MR) is 72.3 cm³/mol. The highest BCUT2D eigenvalue weighted by Gasteiger charge is 2.66. The van der Waals surface area contributed by atoms with Gasteiger partial charge in [0.2, 0.25) is 5.91 Å². The topological polar surface area (TPSA) is 46.9 Å². The third-order valence-corrected chi connectivity index (χ3v) is 4.48. The molecule has 0 bridgehead atoms. The number of hydrogen-bond donors (Lipinski definition) is 1. The lowest BCUT2D eigenvalue weighted by Gasteiger charge is -2.08. The van der Waals surface area contributed by atoms with E-state index in [2.05, 4.69) is 10.3 Å². The van der Waals surface area contributed by atoms with E-state index in [4.69, 9.17) is 11.6 Å². The first-order valence-electron chi connectivity index (χ1n) is 6.21. The maximum Gasteiger partial charge on any atom is 0.235 e. The van der Waals surface area contributed by atoms with Crippen molar-refractivity contribution in [2.24, 2.45) is 7.05 Å². The fourth-order valence-electron chi connectivity index (χ4n) is 3.19. The Morgan fingerprint density at radius 1 is 1.53 bits per heavy atom. The van der Waals surface area contributed by atoms with Crippen LogP contribution in [0, 0.1) is 0 Å². The van der Waals surface area contributed by atoms with Crippen molar-refractivity contribution in [3.8, 4) is 0 Å². The van der Waals surface area contributed by atoms with Crippen LogP contribution in [0.25, 0.3) is 0 Å². The van der Waals surface area contributed by atoms with Gasteiger partial charge in [-0.1, -0.05) is 11.6 Å². The molecule has 1 amide bonds. The zero-order valence-corrected chi connectivity index (χ0v) is 11.1. The molecule has 0 radical (unpaired) electrons. The number of halogens is 1. The summed E-state index contributed by atoms with van der Waals surface area (Å²) in [6.07, 6.45) is 4.48. The number of anilines is 1. The molecule has 4 rings (SSSR count). The van der Waals surface area contributed by atoms with Gasteiger partial charge in [-0.25, -0.2) is 4.98 Å². The summed E-state index contributed by atoms with van der Waals surface area (Å²) < 4.78 is 1.98. The molecule has 1 fully saturated rings. The summed E-state index contributed by atoms with van der Waals surface area (Å²) in [5.41, 5.74) is 1.43. The number of carbonyl (C=O) groups excluding carboxylic acids is 1. The molecule has 0 saturated heterocycles. The minimum Gasteiger partial charge on any atom is -0.338 e. The Kier molecular flexibility index (Phi) is 1.97. The molecule has 2 atom stereocenters. The average Bonchev–Trinajstić information content (AvgIpc) is 2.89. The number of aromatic nitrogens is 2. The fraction of sp³-hybridized carbons (Fsp3) is 0.286. The summed E-state index contributed by atoms with van der Waals surface area (Å²) in [4.78, 5) is 16.7. The molecule has 0 unspecified atom stereocenters. The number of hydrogen-bond acceptors (Lipinski definition) is 2. The van der Waals surface area contributed by atoms with Gasteiger partial charge in [0, 0.05) is 36.1 Å². The molecule has 2 aromatic rings. The monoisotopic (exact) mass is 273 g/mol. The number of aryl methyl sites for hydroxylation is 1. The summed E-state index contributed by atoms with van der Waals surface area (Å²) in [7, 11) is 1.96. The van der Waals surface area contributed by atoms with Gasteiger partial charge in [-0.15, -0.1) is 0 Å². The molecule has 1 N–H and O–H groups in total. The number of benzene rings is 1. The first-order valence-corrected chi connectivity index (χ1v) is 6.59. The molecule has 1 saturated carbocycles. The van der Waals surface area contributed by atoms with Crippen LogP contribution in [-0.4, -0.2) is 15.5 Å². The van der Waals surface area contributed by atoms with Crippen molar-refractivity contribution in [1.29, 1.82) is 0 Å². The normalized spacial score (nSPS) is 27.5. The van der Waals surface area contributed by atoms with E-state index < -0.39 is 5.41 Å². The van der Waals surface area contributed by atoms with Crippen LogP contribution >= 0.6 is 11.6 Å². The highest BCUT2D eigenvalue weighted by atomic mass is 35.5. The summed E-state index contributed by atoms with van der Waals surface area (Å²) in [5, 5.41) is 3.62. The van der Waals surface area contributed by atoms with Crippen LogP contribution in [0.5, 0.6) is 0 Å². The highest BCUT2D eigenvalue weighted by molar-refractivity contribution is 6.31. The molecule has 1 spiro atoms. The maximum atomic E-state index is 12.4. The van der Waals surface area contributed by atoms with E-state index in [-0.39, 0.29) is 11.8 Å². The Labute approximate surface area is 115 Å². The van der Waals surface area contributed by atoms with Crippen molar-refractivity contribution < 1.29 is 4.79 Å². The highest BCUT2D eigenvalue weighted by Crippen LogP contribution is 2.64. The van der Waals surface area contributed by atoms with Gasteiger partial charge in [-0.3, -0.25) is 4.79 Å². The van der Waals surface area contributed by atoms with Gasteiger partial charge in [0.1, 0.15) is 5.82 Å². The fourth-order valence-corrected chi connectivity index (χ4v) is 3.36. The zero-order chi connectivity index (χ0) is 13.2. The Morgan fingerprint density at radius 2 is 2.37 bits per heavy atom. The lowest BCUT2D eigenvalue weighted by atomic mass is 9.94. The molecule has 1 aliphatic carbocycles. The Morgan fingerprint density at radius 3 is 3.11 bits per heavy atom. The minimum atomic E-state index is -0.459. The van der Waals surface area contributed by atoms with Crippen molar-refractivity contribution in [2.75, 3.05) is 5.32 Å². The third kappa shape index (κ3) is 1.29. The second-order valence-corrected chi connectivity index (χ2v) is 5.70. The van der Waals surface area contributed by atoms with Crippen molar-refractivity contribution >= 4 is 23.2 Å². The molecular weight excluding hydrogens is 262 g/mol. The molecule has 2 heterocycles. The van der Waals surface area contributed by atoms with Crippen LogP contribution in [0.2, 0.25) is 5.02 Å². The summed E-state index contributed by atoms with van der Waals surface area (Å²) in [5.74, 6) is 1.17. The molecule has 1 aromatic carbocycles. The predicted octanol–water partition coefficient (Wildman–Crippen LogP) is 2.45. The second kappa shape index (κ2) is 3.39. The molecular formula is C14H12ClN3O. The zero-order valence-electron chi connectivity index (χ0n) is 10.4. The first-order chi connectivity index (χ1) is 9.13. The van der Waals surface area contributed by atoms with Crippen molar-refractivity contribution in [2.45, 2.75) is 17.8 Å². The average molecular weight is 274 g/mol. The van der Waals surface area contributed by atoms with E-state index in [0.717, 1.165) is 23.5 Å². The van der Waals surface area contributed by atoms with Gasteiger partial charge in [0.15, 0.2) is 0 Å². The maximum absolute atomic E-state index is 12.4.